The van der Waals surface area contributed by atoms with Crippen LogP contribution in [0, 0.1) is 0 Å². The molecule has 1 fully saturated rings. The van der Waals surface area contributed by atoms with Gasteiger partial charge in [0.15, 0.2) is 0 Å². The number of allylic oxidation sites excluding steroid dienone is 2. The third-order valence-corrected chi connectivity index (χ3v) is 9.11. The van der Waals surface area contributed by atoms with E-state index in [0.717, 1.165) is 49.0 Å². The molecule has 33 heavy (non-hydrogen) atoms. The second-order valence-corrected chi connectivity index (χ2v) is 11.4. The van der Waals surface area contributed by atoms with Crippen LogP contribution in [-0.4, -0.2) is 69.3 Å². The van der Waals surface area contributed by atoms with E-state index in [2.05, 4.69) is 34.2 Å². The van der Waals surface area contributed by atoms with E-state index in [1.807, 2.05) is 24.3 Å². The minimum absolute atomic E-state index is 0.317. The lowest BCUT2D eigenvalue weighted by Crippen LogP contribution is -2.50. The van der Waals surface area contributed by atoms with Crippen LogP contribution in [0.15, 0.2) is 82.7 Å². The van der Waals surface area contributed by atoms with Gasteiger partial charge in [-0.25, -0.2) is 8.42 Å². The Bertz CT molecular complexity index is 1130. The minimum atomic E-state index is -3.60. The summed E-state index contributed by atoms with van der Waals surface area (Å²) in [5.41, 5.74) is 0.709. The topological polar surface area (TPSA) is 53.1 Å². The number of piperazine rings is 1. The molecule has 3 heterocycles. The Morgan fingerprint density at radius 2 is 1.91 bits per heavy atom. The van der Waals surface area contributed by atoms with Crippen LogP contribution in [0.4, 0.5) is 5.69 Å². The van der Waals surface area contributed by atoms with Gasteiger partial charge in [-0.15, -0.1) is 11.8 Å². The molecular weight excluding hydrogens is 454 g/mol. The molecule has 0 spiro atoms. The third-order valence-electron chi connectivity index (χ3n) is 6.24. The van der Waals surface area contributed by atoms with E-state index < -0.39 is 10.0 Å². The molecule has 0 saturated carbocycles. The van der Waals surface area contributed by atoms with Gasteiger partial charge in [0, 0.05) is 49.4 Å². The Kier molecular flexibility index (Phi) is 6.66. The van der Waals surface area contributed by atoms with Crippen molar-refractivity contribution in [2.45, 2.75) is 22.3 Å². The Morgan fingerprint density at radius 3 is 2.79 bits per heavy atom. The van der Waals surface area contributed by atoms with Crippen LogP contribution < -0.4 is 9.04 Å². The van der Waals surface area contributed by atoms with E-state index in [0.29, 0.717) is 29.8 Å². The molecule has 2 aromatic rings. The Labute approximate surface area is 200 Å². The molecule has 6 nitrogen and oxygen atoms in total. The number of hydrogen-bond acceptors (Lipinski definition) is 6. The number of nitrogens with zero attached hydrogens (tertiary/aromatic N) is 3. The molecule has 1 saturated heterocycles. The number of ether oxygens (including phenoxy) is 1. The van der Waals surface area contributed by atoms with Crippen LogP contribution in [0.3, 0.4) is 0 Å². The standard InChI is InChI=1S/C25H29N3O3S2/c29-33(30,23-8-2-1-3-9-23)28-16-18-32-25-11-10-22(19-24(25)28)31-17-6-12-26-14-15-27-13-5-4-7-21(27)20-26/h1-5,7-11,13,19,21H,6,12,14-18,20H2/t21-/m1/s1. The summed E-state index contributed by atoms with van der Waals surface area (Å²) in [7, 11) is -3.60. The maximum atomic E-state index is 13.3. The predicted octanol–water partition coefficient (Wildman–Crippen LogP) is 3.83. The highest BCUT2D eigenvalue weighted by Gasteiger charge is 2.30. The maximum absolute atomic E-state index is 13.3. The third kappa shape index (κ3) is 4.93. The van der Waals surface area contributed by atoms with Gasteiger partial charge in [-0.05, 0) is 43.0 Å². The quantitative estimate of drug-likeness (QED) is 0.558. The molecule has 0 bridgehead atoms. The van der Waals surface area contributed by atoms with Crippen LogP contribution >= 0.6 is 11.8 Å². The van der Waals surface area contributed by atoms with E-state index in [-0.39, 0.29) is 0 Å². The lowest BCUT2D eigenvalue weighted by Gasteiger charge is -2.40. The average molecular weight is 484 g/mol. The fourth-order valence-corrected chi connectivity index (χ4v) is 7.15. The van der Waals surface area contributed by atoms with Gasteiger partial charge < -0.3 is 9.64 Å². The number of benzene rings is 2. The monoisotopic (exact) mass is 483 g/mol. The van der Waals surface area contributed by atoms with Crippen molar-refractivity contribution in [3.8, 4) is 5.75 Å². The normalized spacial score (nSPS) is 20.4. The first-order valence-electron chi connectivity index (χ1n) is 11.4. The van der Waals surface area contributed by atoms with Gasteiger partial charge >= 0.3 is 0 Å². The highest BCUT2D eigenvalue weighted by atomic mass is 32.2. The fourth-order valence-electron chi connectivity index (χ4n) is 4.51. The van der Waals surface area contributed by atoms with Crippen LogP contribution in [0.25, 0.3) is 0 Å². The number of hydrogen-bond donors (Lipinski definition) is 0. The largest absolute Gasteiger partial charge is 0.493 e. The molecule has 0 aromatic heterocycles. The molecule has 0 N–H and O–H groups in total. The van der Waals surface area contributed by atoms with Crippen LogP contribution in [0.5, 0.6) is 5.75 Å². The molecule has 1 atom stereocenters. The second kappa shape index (κ2) is 9.83. The zero-order chi connectivity index (χ0) is 22.7. The molecule has 3 aliphatic rings. The molecular formula is C25H29N3O3S2. The van der Waals surface area contributed by atoms with E-state index in [9.17, 15) is 8.42 Å². The second-order valence-electron chi connectivity index (χ2n) is 8.40. The fraction of sp³-hybridized carbons (Fsp3) is 0.360. The molecule has 5 rings (SSSR count). The molecule has 0 radical (unpaired) electrons. The minimum Gasteiger partial charge on any atom is -0.493 e. The van der Waals surface area contributed by atoms with E-state index >= 15 is 0 Å². The lowest BCUT2D eigenvalue weighted by molar-refractivity contribution is 0.126. The number of thioether (sulfide) groups is 1. The first-order chi connectivity index (χ1) is 16.1. The van der Waals surface area contributed by atoms with Crippen LogP contribution in [0.2, 0.25) is 0 Å². The zero-order valence-corrected chi connectivity index (χ0v) is 20.2. The summed E-state index contributed by atoms with van der Waals surface area (Å²) in [6.07, 6.45) is 9.61. The molecule has 0 unspecified atom stereocenters. The first-order valence-corrected chi connectivity index (χ1v) is 13.8. The number of anilines is 1. The first kappa shape index (κ1) is 22.4. The Morgan fingerprint density at radius 1 is 1.03 bits per heavy atom. The molecule has 2 aromatic carbocycles. The molecule has 3 aliphatic heterocycles. The lowest BCUT2D eigenvalue weighted by atomic mass is 10.1. The van der Waals surface area contributed by atoms with Crippen molar-refractivity contribution in [3.63, 3.8) is 0 Å². The van der Waals surface area contributed by atoms with Crippen molar-refractivity contribution < 1.29 is 13.2 Å². The van der Waals surface area contributed by atoms with Crippen LogP contribution in [-0.2, 0) is 10.0 Å². The summed E-state index contributed by atoms with van der Waals surface area (Å²) in [6.45, 7) is 5.23. The summed E-state index contributed by atoms with van der Waals surface area (Å²) in [6, 6.07) is 14.9. The van der Waals surface area contributed by atoms with Gasteiger partial charge in [-0.1, -0.05) is 30.4 Å². The van der Waals surface area contributed by atoms with Gasteiger partial charge in [-0.2, -0.15) is 0 Å². The maximum Gasteiger partial charge on any atom is 0.264 e. The highest BCUT2D eigenvalue weighted by Crippen LogP contribution is 2.40. The van der Waals surface area contributed by atoms with E-state index in [4.69, 9.17) is 4.74 Å². The van der Waals surface area contributed by atoms with Gasteiger partial charge in [0.2, 0.25) is 0 Å². The Balaban J connectivity index is 1.20. The molecule has 0 aliphatic carbocycles. The van der Waals surface area contributed by atoms with Crippen LogP contribution in [0.1, 0.15) is 6.42 Å². The van der Waals surface area contributed by atoms with Crippen molar-refractivity contribution in [1.29, 1.82) is 0 Å². The summed E-state index contributed by atoms with van der Waals surface area (Å²) in [5, 5.41) is 0. The van der Waals surface area contributed by atoms with Gasteiger partial charge in [0.05, 0.1) is 23.2 Å². The van der Waals surface area contributed by atoms with Crippen molar-refractivity contribution in [3.05, 3.63) is 73.0 Å². The van der Waals surface area contributed by atoms with Gasteiger partial charge in [0.1, 0.15) is 5.75 Å². The average Bonchev–Trinajstić information content (AvgIpc) is 2.86. The summed E-state index contributed by atoms with van der Waals surface area (Å²) in [5.74, 6) is 1.45. The molecule has 174 valence electrons. The van der Waals surface area contributed by atoms with Gasteiger partial charge in [0.25, 0.3) is 10.0 Å². The number of fused-ring (bicyclic) bond motifs is 2. The number of sulfonamides is 1. The summed E-state index contributed by atoms with van der Waals surface area (Å²) < 4.78 is 34.1. The Hall–Kier alpha value is -2.42. The summed E-state index contributed by atoms with van der Waals surface area (Å²) >= 11 is 1.69. The highest BCUT2D eigenvalue weighted by molar-refractivity contribution is 8.00. The number of rotatable bonds is 7. The SMILES string of the molecule is O=S(=O)(c1ccccc1)N1CCSc2ccc(OCCCN3CCN4C=CC=C[C@@H]4C3)cc21. The smallest absolute Gasteiger partial charge is 0.264 e. The van der Waals surface area contributed by atoms with E-state index in [1.165, 1.54) is 4.31 Å². The zero-order valence-electron chi connectivity index (χ0n) is 18.5. The van der Waals surface area contributed by atoms with Crippen molar-refractivity contribution in [2.75, 3.05) is 49.4 Å². The predicted molar refractivity (Wildman–Crippen MR) is 133 cm³/mol. The summed E-state index contributed by atoms with van der Waals surface area (Å²) in [4.78, 5) is 6.18. The van der Waals surface area contributed by atoms with Crippen molar-refractivity contribution >= 4 is 27.5 Å². The van der Waals surface area contributed by atoms with Crippen molar-refractivity contribution in [1.82, 2.24) is 9.80 Å². The van der Waals surface area contributed by atoms with Crippen molar-refractivity contribution in [2.24, 2.45) is 0 Å². The van der Waals surface area contributed by atoms with E-state index in [1.54, 1.807) is 36.0 Å². The van der Waals surface area contributed by atoms with Gasteiger partial charge in [-0.3, -0.25) is 9.21 Å². The molecule has 8 heteroatoms. The molecule has 0 amide bonds.